The van der Waals surface area contributed by atoms with Crippen LogP contribution in [0.5, 0.6) is 0 Å². The second-order valence-electron chi connectivity index (χ2n) is 4.21. The molecule has 1 amide bonds. The number of hydrogen-bond acceptors (Lipinski definition) is 3. The maximum absolute atomic E-state index is 11.8. The number of aryl methyl sites for hydroxylation is 2. The standard InChI is InChI=1S/C11H15NO4/c1-6-5-8(7(2)16-6)9(13)12-11(3,4)10(14)15/h5H,1-4H3,(H,12,13)(H,14,15). The number of carbonyl (C=O) groups excluding carboxylic acids is 1. The molecule has 0 atom stereocenters. The van der Waals surface area contributed by atoms with Crippen molar-refractivity contribution in [3.05, 3.63) is 23.2 Å². The Morgan fingerprint density at radius 1 is 1.38 bits per heavy atom. The van der Waals surface area contributed by atoms with Crippen molar-refractivity contribution in [1.29, 1.82) is 0 Å². The first-order valence-corrected chi connectivity index (χ1v) is 4.87. The van der Waals surface area contributed by atoms with Crippen LogP contribution in [0, 0.1) is 13.8 Å². The van der Waals surface area contributed by atoms with Crippen molar-refractivity contribution in [3.8, 4) is 0 Å². The summed E-state index contributed by atoms with van der Waals surface area (Å²) in [4.78, 5) is 22.6. The summed E-state index contributed by atoms with van der Waals surface area (Å²) in [6, 6.07) is 1.59. The quantitative estimate of drug-likeness (QED) is 0.816. The Labute approximate surface area is 93.4 Å². The van der Waals surface area contributed by atoms with Gasteiger partial charge in [-0.3, -0.25) is 4.79 Å². The van der Waals surface area contributed by atoms with Gasteiger partial charge in [0.1, 0.15) is 17.1 Å². The van der Waals surface area contributed by atoms with Gasteiger partial charge in [-0.2, -0.15) is 0 Å². The number of carbonyl (C=O) groups is 2. The Morgan fingerprint density at radius 2 is 1.94 bits per heavy atom. The van der Waals surface area contributed by atoms with Crippen LogP contribution in [0.3, 0.4) is 0 Å². The monoisotopic (exact) mass is 225 g/mol. The molecule has 0 fully saturated rings. The van der Waals surface area contributed by atoms with Crippen LogP contribution in [-0.4, -0.2) is 22.5 Å². The maximum atomic E-state index is 11.8. The molecular formula is C11H15NO4. The van der Waals surface area contributed by atoms with Gasteiger partial charge >= 0.3 is 5.97 Å². The number of rotatable bonds is 3. The maximum Gasteiger partial charge on any atom is 0.328 e. The largest absolute Gasteiger partial charge is 0.480 e. The van der Waals surface area contributed by atoms with Crippen LogP contribution in [0.25, 0.3) is 0 Å². The molecule has 88 valence electrons. The van der Waals surface area contributed by atoms with Gasteiger partial charge in [-0.05, 0) is 33.8 Å². The SMILES string of the molecule is Cc1cc(C(=O)NC(C)(C)C(=O)O)c(C)o1. The van der Waals surface area contributed by atoms with Gasteiger partial charge in [-0.15, -0.1) is 0 Å². The van der Waals surface area contributed by atoms with Gasteiger partial charge in [0.05, 0.1) is 5.56 Å². The predicted octanol–water partition coefficient (Wildman–Crippen LogP) is 1.49. The Bertz CT molecular complexity index is 431. The molecular weight excluding hydrogens is 210 g/mol. The molecule has 0 aromatic carbocycles. The molecule has 0 aliphatic heterocycles. The Kier molecular flexibility index (Phi) is 3.07. The third kappa shape index (κ3) is 2.42. The minimum atomic E-state index is -1.30. The summed E-state index contributed by atoms with van der Waals surface area (Å²) < 4.78 is 5.20. The average Bonchev–Trinajstić information content (AvgIpc) is 2.44. The first-order chi connectivity index (χ1) is 7.24. The first kappa shape index (κ1) is 12.3. The second kappa shape index (κ2) is 4.00. The zero-order valence-corrected chi connectivity index (χ0v) is 9.75. The van der Waals surface area contributed by atoms with Gasteiger partial charge < -0.3 is 14.8 Å². The Hall–Kier alpha value is -1.78. The number of furan rings is 1. The van der Waals surface area contributed by atoms with Gasteiger partial charge in [0, 0.05) is 0 Å². The molecule has 16 heavy (non-hydrogen) atoms. The minimum Gasteiger partial charge on any atom is -0.480 e. The fourth-order valence-corrected chi connectivity index (χ4v) is 1.26. The summed E-state index contributed by atoms with van der Waals surface area (Å²) in [6.07, 6.45) is 0. The van der Waals surface area contributed by atoms with E-state index in [1.54, 1.807) is 19.9 Å². The molecule has 0 saturated heterocycles. The molecule has 0 saturated carbocycles. The van der Waals surface area contributed by atoms with Crippen LogP contribution < -0.4 is 5.32 Å². The Balaban J connectivity index is 2.89. The van der Waals surface area contributed by atoms with Gasteiger partial charge in [-0.1, -0.05) is 0 Å². The zero-order chi connectivity index (χ0) is 12.5. The van der Waals surface area contributed by atoms with Crippen molar-refractivity contribution >= 4 is 11.9 Å². The van der Waals surface area contributed by atoms with Gasteiger partial charge in [0.15, 0.2) is 0 Å². The fraction of sp³-hybridized carbons (Fsp3) is 0.455. The average molecular weight is 225 g/mol. The van der Waals surface area contributed by atoms with Crippen LogP contribution >= 0.6 is 0 Å². The normalized spacial score (nSPS) is 11.2. The topological polar surface area (TPSA) is 79.5 Å². The molecule has 1 aromatic rings. The van der Waals surface area contributed by atoms with E-state index in [1.165, 1.54) is 13.8 Å². The minimum absolute atomic E-state index is 0.367. The van der Waals surface area contributed by atoms with E-state index in [-0.39, 0.29) is 0 Å². The van der Waals surface area contributed by atoms with E-state index < -0.39 is 17.4 Å². The van der Waals surface area contributed by atoms with Crippen molar-refractivity contribution in [2.45, 2.75) is 33.2 Å². The summed E-state index contributed by atoms with van der Waals surface area (Å²) in [5, 5.41) is 11.3. The van der Waals surface area contributed by atoms with Crippen molar-refractivity contribution in [2.75, 3.05) is 0 Å². The molecule has 0 bridgehead atoms. The summed E-state index contributed by atoms with van der Waals surface area (Å²) in [5.74, 6) is -0.424. The van der Waals surface area contributed by atoms with Crippen molar-refractivity contribution in [2.24, 2.45) is 0 Å². The lowest BCUT2D eigenvalue weighted by molar-refractivity contribution is -0.143. The smallest absolute Gasteiger partial charge is 0.328 e. The summed E-state index contributed by atoms with van der Waals surface area (Å²) in [7, 11) is 0. The molecule has 0 aliphatic carbocycles. The Morgan fingerprint density at radius 3 is 2.31 bits per heavy atom. The molecule has 0 radical (unpaired) electrons. The highest BCUT2D eigenvalue weighted by atomic mass is 16.4. The predicted molar refractivity (Wildman–Crippen MR) is 57.4 cm³/mol. The lowest BCUT2D eigenvalue weighted by atomic mass is 10.1. The lowest BCUT2D eigenvalue weighted by Gasteiger charge is -2.20. The molecule has 1 heterocycles. The van der Waals surface area contributed by atoms with E-state index in [0.29, 0.717) is 17.1 Å². The summed E-state index contributed by atoms with van der Waals surface area (Å²) in [6.45, 7) is 6.24. The van der Waals surface area contributed by atoms with Gasteiger partial charge in [0.2, 0.25) is 0 Å². The van der Waals surface area contributed by atoms with E-state index in [1.807, 2.05) is 0 Å². The zero-order valence-electron chi connectivity index (χ0n) is 9.75. The number of amides is 1. The molecule has 1 aromatic heterocycles. The van der Waals surface area contributed by atoms with Crippen LogP contribution in [-0.2, 0) is 4.79 Å². The number of hydrogen-bond donors (Lipinski definition) is 2. The van der Waals surface area contributed by atoms with E-state index in [4.69, 9.17) is 9.52 Å². The molecule has 0 aliphatic rings. The number of carboxylic acid groups (broad SMARTS) is 1. The van der Waals surface area contributed by atoms with Crippen LogP contribution in [0.1, 0.15) is 35.7 Å². The molecule has 5 heteroatoms. The molecule has 1 rings (SSSR count). The third-order valence-corrected chi connectivity index (χ3v) is 2.25. The molecule has 0 unspecified atom stereocenters. The second-order valence-corrected chi connectivity index (χ2v) is 4.21. The lowest BCUT2D eigenvalue weighted by Crippen LogP contribution is -2.49. The molecule has 2 N–H and O–H groups in total. The first-order valence-electron chi connectivity index (χ1n) is 4.87. The highest BCUT2D eigenvalue weighted by molar-refractivity contribution is 5.98. The highest BCUT2D eigenvalue weighted by Gasteiger charge is 2.30. The van der Waals surface area contributed by atoms with Crippen LogP contribution in [0.2, 0.25) is 0 Å². The summed E-state index contributed by atoms with van der Waals surface area (Å²) in [5.41, 5.74) is -0.929. The summed E-state index contributed by atoms with van der Waals surface area (Å²) >= 11 is 0. The van der Waals surface area contributed by atoms with E-state index in [0.717, 1.165) is 0 Å². The van der Waals surface area contributed by atoms with Gasteiger partial charge in [0.25, 0.3) is 5.91 Å². The van der Waals surface area contributed by atoms with Crippen LogP contribution in [0.4, 0.5) is 0 Å². The van der Waals surface area contributed by atoms with Gasteiger partial charge in [-0.25, -0.2) is 4.79 Å². The van der Waals surface area contributed by atoms with E-state index >= 15 is 0 Å². The number of nitrogens with one attached hydrogen (secondary N) is 1. The van der Waals surface area contributed by atoms with E-state index in [9.17, 15) is 9.59 Å². The van der Waals surface area contributed by atoms with Crippen molar-refractivity contribution < 1.29 is 19.1 Å². The van der Waals surface area contributed by atoms with Crippen molar-refractivity contribution in [1.82, 2.24) is 5.32 Å². The fourth-order valence-electron chi connectivity index (χ4n) is 1.26. The molecule has 0 spiro atoms. The van der Waals surface area contributed by atoms with Crippen LogP contribution in [0.15, 0.2) is 10.5 Å². The third-order valence-electron chi connectivity index (χ3n) is 2.25. The van der Waals surface area contributed by atoms with Crippen molar-refractivity contribution in [3.63, 3.8) is 0 Å². The number of carboxylic acids is 1. The number of aliphatic carboxylic acids is 1. The highest BCUT2D eigenvalue weighted by Crippen LogP contribution is 2.14. The van der Waals surface area contributed by atoms with E-state index in [2.05, 4.69) is 5.32 Å². The molecule has 5 nitrogen and oxygen atoms in total.